The van der Waals surface area contributed by atoms with Crippen LogP contribution in [0.3, 0.4) is 0 Å². The number of halogens is 2. The van der Waals surface area contributed by atoms with E-state index in [1.54, 1.807) is 4.57 Å². The van der Waals surface area contributed by atoms with E-state index in [9.17, 15) is 9.90 Å². The third kappa shape index (κ3) is 3.23. The van der Waals surface area contributed by atoms with Gasteiger partial charge in [-0.15, -0.1) is 6.42 Å². The molecule has 7 heteroatoms. The van der Waals surface area contributed by atoms with E-state index in [0.29, 0.717) is 31.4 Å². The Morgan fingerprint density at radius 1 is 1.46 bits per heavy atom. The smallest absolute Gasteiger partial charge is 0.263 e. The van der Waals surface area contributed by atoms with Crippen LogP contribution in [0.25, 0.3) is 10.9 Å². The molecule has 0 bridgehead atoms. The van der Waals surface area contributed by atoms with Crippen molar-refractivity contribution in [2.75, 3.05) is 13.6 Å². The predicted molar refractivity (Wildman–Crippen MR) is 95.6 cm³/mol. The number of rotatable bonds is 5. The highest BCUT2D eigenvalue weighted by molar-refractivity contribution is 6.39. The molecule has 0 unspecified atom stereocenters. The predicted octanol–water partition coefficient (Wildman–Crippen LogP) is 2.88. The minimum atomic E-state index is -0.257. The lowest BCUT2D eigenvalue weighted by molar-refractivity contribution is 0.345. The van der Waals surface area contributed by atoms with E-state index in [1.807, 2.05) is 11.9 Å². The molecule has 5 nitrogen and oxygen atoms in total. The highest BCUT2D eigenvalue weighted by atomic mass is 35.5. The number of benzene rings is 1. The quantitative estimate of drug-likeness (QED) is 0.827. The van der Waals surface area contributed by atoms with E-state index in [-0.39, 0.29) is 32.3 Å². The van der Waals surface area contributed by atoms with Gasteiger partial charge in [-0.05, 0) is 31.9 Å². The normalized spacial score (nSPS) is 14.3. The minimum absolute atomic E-state index is 0.0715. The molecule has 2 aromatic rings. The number of hydrogen-bond acceptors (Lipinski definition) is 4. The Labute approximate surface area is 149 Å². The molecule has 3 rings (SSSR count). The van der Waals surface area contributed by atoms with Crippen LogP contribution in [0, 0.1) is 18.3 Å². The zero-order valence-electron chi connectivity index (χ0n) is 13.2. The number of phenols is 1. The van der Waals surface area contributed by atoms with E-state index < -0.39 is 0 Å². The zero-order chi connectivity index (χ0) is 17.4. The van der Waals surface area contributed by atoms with E-state index in [1.165, 1.54) is 6.07 Å². The van der Waals surface area contributed by atoms with Crippen molar-refractivity contribution < 1.29 is 5.11 Å². The number of hydrogen-bond donors (Lipinski definition) is 1. The van der Waals surface area contributed by atoms with Gasteiger partial charge in [0.15, 0.2) is 5.75 Å². The van der Waals surface area contributed by atoms with E-state index in [4.69, 9.17) is 29.6 Å². The summed E-state index contributed by atoms with van der Waals surface area (Å²) in [5, 5.41) is 10.7. The van der Waals surface area contributed by atoms with Gasteiger partial charge in [0.1, 0.15) is 11.3 Å². The standard InChI is InChI=1S/C17H17Cl2N3O2/c1-3-6-21(2)9-13-20-15-14(11(18)7-12(19)16(15)23)17(24)22(13)8-10-4-5-10/h1,7,10,23H,4-6,8-9H2,2H3. The zero-order valence-corrected chi connectivity index (χ0v) is 14.7. The van der Waals surface area contributed by atoms with Crippen molar-refractivity contribution in [2.45, 2.75) is 25.9 Å². The molecule has 1 aromatic carbocycles. The van der Waals surface area contributed by atoms with Gasteiger partial charge in [-0.3, -0.25) is 14.3 Å². The second-order valence-corrected chi connectivity index (χ2v) is 6.99. The van der Waals surface area contributed by atoms with Gasteiger partial charge in [0.05, 0.1) is 28.5 Å². The van der Waals surface area contributed by atoms with Crippen LogP contribution in [0.15, 0.2) is 10.9 Å². The van der Waals surface area contributed by atoms with Gasteiger partial charge in [0.25, 0.3) is 5.56 Å². The molecule has 24 heavy (non-hydrogen) atoms. The van der Waals surface area contributed by atoms with Gasteiger partial charge >= 0.3 is 0 Å². The number of aromatic nitrogens is 2. The third-order valence-electron chi connectivity index (χ3n) is 4.10. The summed E-state index contributed by atoms with van der Waals surface area (Å²) >= 11 is 12.2. The second kappa shape index (κ2) is 6.64. The van der Waals surface area contributed by atoms with Gasteiger partial charge in [0, 0.05) is 6.54 Å². The minimum Gasteiger partial charge on any atom is -0.504 e. The topological polar surface area (TPSA) is 58.4 Å². The summed E-state index contributed by atoms with van der Waals surface area (Å²) in [6.45, 7) is 1.42. The molecular weight excluding hydrogens is 349 g/mol. The number of terminal acetylenes is 1. The molecule has 1 N–H and O–H groups in total. The van der Waals surface area contributed by atoms with Crippen LogP contribution in [0.2, 0.25) is 10.0 Å². The van der Waals surface area contributed by atoms with Crippen LogP contribution in [0.5, 0.6) is 5.75 Å². The summed E-state index contributed by atoms with van der Waals surface area (Å²) in [4.78, 5) is 19.3. The summed E-state index contributed by atoms with van der Waals surface area (Å²) in [5.74, 6) is 3.36. The van der Waals surface area contributed by atoms with Crippen molar-refractivity contribution in [3.05, 3.63) is 32.3 Å². The van der Waals surface area contributed by atoms with E-state index in [2.05, 4.69) is 10.9 Å². The first kappa shape index (κ1) is 17.1. The Kier molecular flexibility index (Phi) is 4.73. The monoisotopic (exact) mass is 365 g/mol. The molecule has 1 fully saturated rings. The molecule has 0 spiro atoms. The lowest BCUT2D eigenvalue weighted by Crippen LogP contribution is -2.30. The Hall–Kier alpha value is -1.74. The van der Waals surface area contributed by atoms with Gasteiger partial charge < -0.3 is 5.11 Å². The molecule has 0 amide bonds. The Bertz CT molecular complexity index is 898. The first-order valence-electron chi connectivity index (χ1n) is 7.64. The van der Waals surface area contributed by atoms with Gasteiger partial charge in [-0.25, -0.2) is 4.98 Å². The average Bonchev–Trinajstić information content (AvgIpc) is 3.32. The summed E-state index contributed by atoms with van der Waals surface area (Å²) in [6.07, 6.45) is 7.54. The van der Waals surface area contributed by atoms with Crippen LogP contribution < -0.4 is 5.56 Å². The highest BCUT2D eigenvalue weighted by Crippen LogP contribution is 2.35. The number of fused-ring (bicyclic) bond motifs is 1. The fourth-order valence-electron chi connectivity index (χ4n) is 2.67. The fourth-order valence-corrected chi connectivity index (χ4v) is 3.20. The first-order chi connectivity index (χ1) is 11.4. The van der Waals surface area contributed by atoms with E-state index >= 15 is 0 Å². The van der Waals surface area contributed by atoms with Crippen molar-refractivity contribution in [3.8, 4) is 18.1 Å². The van der Waals surface area contributed by atoms with Crippen molar-refractivity contribution in [3.63, 3.8) is 0 Å². The largest absolute Gasteiger partial charge is 0.504 e. The Morgan fingerprint density at radius 2 is 2.17 bits per heavy atom. The molecule has 0 atom stereocenters. The second-order valence-electron chi connectivity index (χ2n) is 6.18. The van der Waals surface area contributed by atoms with Crippen LogP contribution in [0.1, 0.15) is 18.7 Å². The van der Waals surface area contributed by atoms with Crippen molar-refractivity contribution in [1.82, 2.24) is 14.5 Å². The maximum Gasteiger partial charge on any atom is 0.263 e. The van der Waals surface area contributed by atoms with Gasteiger partial charge in [-0.1, -0.05) is 29.1 Å². The van der Waals surface area contributed by atoms with Crippen molar-refractivity contribution in [1.29, 1.82) is 0 Å². The summed E-state index contributed by atoms with van der Waals surface area (Å²) in [6, 6.07) is 1.37. The summed E-state index contributed by atoms with van der Waals surface area (Å²) in [7, 11) is 1.85. The number of aromatic hydroxyl groups is 1. The van der Waals surface area contributed by atoms with Crippen LogP contribution in [-0.4, -0.2) is 33.1 Å². The van der Waals surface area contributed by atoms with Crippen LogP contribution in [0.4, 0.5) is 0 Å². The third-order valence-corrected chi connectivity index (χ3v) is 4.69. The molecule has 1 aliphatic carbocycles. The van der Waals surface area contributed by atoms with Gasteiger partial charge in [-0.2, -0.15) is 0 Å². The molecule has 1 saturated carbocycles. The molecule has 0 saturated heterocycles. The molecule has 1 aromatic heterocycles. The highest BCUT2D eigenvalue weighted by Gasteiger charge is 2.26. The lowest BCUT2D eigenvalue weighted by Gasteiger charge is -2.18. The molecule has 1 heterocycles. The van der Waals surface area contributed by atoms with Gasteiger partial charge in [0.2, 0.25) is 0 Å². The van der Waals surface area contributed by atoms with Crippen LogP contribution >= 0.6 is 23.2 Å². The molecule has 0 aliphatic heterocycles. The van der Waals surface area contributed by atoms with Crippen molar-refractivity contribution >= 4 is 34.1 Å². The van der Waals surface area contributed by atoms with Crippen LogP contribution in [-0.2, 0) is 13.1 Å². The number of nitrogens with zero attached hydrogens (tertiary/aromatic N) is 3. The maximum absolute atomic E-state index is 13.0. The fraction of sp³-hybridized carbons (Fsp3) is 0.412. The lowest BCUT2D eigenvalue weighted by atomic mass is 10.2. The number of phenolic OH excluding ortho intramolecular Hbond substituents is 1. The summed E-state index contributed by atoms with van der Waals surface area (Å²) < 4.78 is 1.65. The first-order valence-corrected chi connectivity index (χ1v) is 8.40. The Balaban J connectivity index is 2.21. The van der Waals surface area contributed by atoms with Crippen molar-refractivity contribution in [2.24, 2.45) is 5.92 Å². The Morgan fingerprint density at radius 3 is 2.79 bits per heavy atom. The summed E-state index contributed by atoms with van der Waals surface area (Å²) in [5.41, 5.74) is -0.123. The molecular formula is C17H17Cl2N3O2. The molecule has 1 aliphatic rings. The molecule has 0 radical (unpaired) electrons. The SMILES string of the molecule is C#CCN(C)Cc1nc2c(O)c(Cl)cc(Cl)c2c(=O)n1CC1CC1. The van der Waals surface area contributed by atoms with E-state index in [0.717, 1.165) is 12.8 Å². The average molecular weight is 366 g/mol. The molecule has 126 valence electrons. The maximum atomic E-state index is 13.0.